The van der Waals surface area contributed by atoms with Gasteiger partial charge in [0.15, 0.2) is 0 Å². The first-order chi connectivity index (χ1) is 8.33. The fraction of sp³-hybridized carbons (Fsp3) is 0.143. The second kappa shape index (κ2) is 4.26. The third-order valence-corrected chi connectivity index (χ3v) is 3.78. The van der Waals surface area contributed by atoms with E-state index in [-0.39, 0.29) is 6.04 Å². The monoisotopic (exact) mass is 243 g/mol. The first-order valence-corrected chi connectivity index (χ1v) is 6.47. The van der Waals surface area contributed by atoms with Crippen molar-refractivity contribution >= 4 is 27.1 Å². The molecular weight excluding hydrogens is 230 g/mol. The molecule has 2 heterocycles. The van der Waals surface area contributed by atoms with Crippen molar-refractivity contribution in [3.8, 4) is 0 Å². The Hall–Kier alpha value is -1.74. The molecule has 0 spiro atoms. The van der Waals surface area contributed by atoms with Crippen LogP contribution in [0.2, 0.25) is 0 Å². The van der Waals surface area contributed by atoms with Crippen LogP contribution in [0.15, 0.2) is 52.7 Å². The number of fused-ring (bicyclic) bond motifs is 1. The van der Waals surface area contributed by atoms with Gasteiger partial charge in [-0.2, -0.15) is 0 Å². The molecule has 0 amide bonds. The minimum Gasteiger partial charge on any atom is -0.472 e. The van der Waals surface area contributed by atoms with Gasteiger partial charge in [0.25, 0.3) is 0 Å². The van der Waals surface area contributed by atoms with E-state index in [1.165, 1.54) is 10.1 Å². The molecule has 2 aromatic heterocycles. The molecule has 1 N–H and O–H groups in total. The predicted molar refractivity (Wildman–Crippen MR) is 72.6 cm³/mol. The molecule has 0 radical (unpaired) electrons. The molecule has 1 atom stereocenters. The molecule has 2 nitrogen and oxygen atoms in total. The van der Waals surface area contributed by atoms with Crippen molar-refractivity contribution in [1.82, 2.24) is 0 Å². The summed E-state index contributed by atoms with van der Waals surface area (Å²) in [6.07, 6.45) is 3.48. The Labute approximate surface area is 104 Å². The smallest absolute Gasteiger partial charge is 0.0955 e. The van der Waals surface area contributed by atoms with Gasteiger partial charge in [0.2, 0.25) is 0 Å². The lowest BCUT2D eigenvalue weighted by Crippen LogP contribution is -2.05. The van der Waals surface area contributed by atoms with Gasteiger partial charge in [-0.3, -0.25) is 0 Å². The molecule has 0 saturated carbocycles. The Morgan fingerprint density at radius 1 is 1.24 bits per heavy atom. The van der Waals surface area contributed by atoms with Gasteiger partial charge >= 0.3 is 0 Å². The Balaban J connectivity index is 1.84. The Kier molecular flexibility index (Phi) is 2.61. The highest BCUT2D eigenvalue weighted by atomic mass is 32.1. The largest absolute Gasteiger partial charge is 0.472 e. The topological polar surface area (TPSA) is 25.2 Å². The molecule has 0 fully saturated rings. The maximum Gasteiger partial charge on any atom is 0.0955 e. The summed E-state index contributed by atoms with van der Waals surface area (Å²) >= 11 is 1.77. The summed E-state index contributed by atoms with van der Waals surface area (Å²) in [7, 11) is 0. The van der Waals surface area contributed by atoms with Gasteiger partial charge in [0, 0.05) is 16.0 Å². The summed E-state index contributed by atoms with van der Waals surface area (Å²) in [5, 5.41) is 6.88. The fourth-order valence-corrected chi connectivity index (χ4v) is 2.68. The normalized spacial score (nSPS) is 12.8. The molecular formula is C14H13NOS. The molecule has 86 valence electrons. The van der Waals surface area contributed by atoms with Crippen LogP contribution in [-0.2, 0) is 0 Å². The number of rotatable bonds is 3. The maximum absolute atomic E-state index is 5.09. The summed E-state index contributed by atoms with van der Waals surface area (Å²) in [4.78, 5) is 0. The van der Waals surface area contributed by atoms with E-state index in [2.05, 4.69) is 41.9 Å². The number of benzene rings is 1. The average Bonchev–Trinajstić information content (AvgIpc) is 2.99. The van der Waals surface area contributed by atoms with Crippen molar-refractivity contribution in [3.63, 3.8) is 0 Å². The second-order valence-corrected chi connectivity index (χ2v) is 5.04. The van der Waals surface area contributed by atoms with E-state index < -0.39 is 0 Å². The average molecular weight is 243 g/mol. The number of thiophene rings is 1. The van der Waals surface area contributed by atoms with Crippen molar-refractivity contribution in [2.45, 2.75) is 13.0 Å². The number of nitrogens with one attached hydrogen (secondary N) is 1. The quantitative estimate of drug-likeness (QED) is 0.723. The maximum atomic E-state index is 5.09. The third-order valence-electron chi connectivity index (χ3n) is 2.88. The number of hydrogen-bond donors (Lipinski definition) is 1. The van der Waals surface area contributed by atoms with Crippen molar-refractivity contribution in [1.29, 1.82) is 0 Å². The highest BCUT2D eigenvalue weighted by molar-refractivity contribution is 7.17. The zero-order chi connectivity index (χ0) is 11.7. The van der Waals surface area contributed by atoms with Crippen LogP contribution in [0.3, 0.4) is 0 Å². The lowest BCUT2D eigenvalue weighted by Gasteiger charge is -2.13. The fourth-order valence-electron chi connectivity index (χ4n) is 1.91. The lowest BCUT2D eigenvalue weighted by atomic mass is 10.1. The molecule has 3 aromatic rings. The number of anilines is 1. The zero-order valence-corrected chi connectivity index (χ0v) is 10.3. The summed E-state index contributed by atoms with van der Waals surface area (Å²) in [5.41, 5.74) is 2.31. The van der Waals surface area contributed by atoms with Crippen molar-refractivity contribution in [3.05, 3.63) is 53.8 Å². The van der Waals surface area contributed by atoms with E-state index in [1.807, 2.05) is 6.07 Å². The minimum absolute atomic E-state index is 0.254. The molecule has 0 aliphatic carbocycles. The van der Waals surface area contributed by atoms with Crippen molar-refractivity contribution in [2.24, 2.45) is 0 Å². The Morgan fingerprint density at radius 2 is 2.18 bits per heavy atom. The molecule has 1 unspecified atom stereocenters. The lowest BCUT2D eigenvalue weighted by molar-refractivity contribution is 0.562. The molecule has 0 aliphatic heterocycles. The van der Waals surface area contributed by atoms with Crippen molar-refractivity contribution in [2.75, 3.05) is 5.32 Å². The van der Waals surface area contributed by atoms with E-state index in [0.29, 0.717) is 0 Å². The van der Waals surface area contributed by atoms with E-state index in [1.54, 1.807) is 23.9 Å². The van der Waals surface area contributed by atoms with Gasteiger partial charge in [-0.1, -0.05) is 0 Å². The van der Waals surface area contributed by atoms with Crippen molar-refractivity contribution < 1.29 is 4.42 Å². The molecule has 3 rings (SSSR count). The first kappa shape index (κ1) is 10.4. The van der Waals surface area contributed by atoms with E-state index in [4.69, 9.17) is 4.42 Å². The Bertz CT molecular complexity index is 612. The highest BCUT2D eigenvalue weighted by Gasteiger charge is 2.06. The minimum atomic E-state index is 0.254. The number of hydrogen-bond acceptors (Lipinski definition) is 3. The third kappa shape index (κ3) is 2.06. The molecule has 1 aromatic carbocycles. The van der Waals surface area contributed by atoms with Crippen LogP contribution < -0.4 is 5.32 Å². The Morgan fingerprint density at radius 3 is 3.00 bits per heavy atom. The van der Waals surface area contributed by atoms with Gasteiger partial charge in [-0.15, -0.1) is 11.3 Å². The molecule has 0 bridgehead atoms. The van der Waals surface area contributed by atoms with Gasteiger partial charge in [0.1, 0.15) is 0 Å². The van der Waals surface area contributed by atoms with Crippen LogP contribution in [0.4, 0.5) is 5.69 Å². The SMILES string of the molecule is CC(Nc1ccc2sccc2c1)c1ccoc1. The van der Waals surface area contributed by atoms with E-state index in [0.717, 1.165) is 11.3 Å². The molecule has 3 heteroatoms. The molecule has 0 saturated heterocycles. The van der Waals surface area contributed by atoms with Gasteiger partial charge in [-0.05, 0) is 48.0 Å². The van der Waals surface area contributed by atoms with E-state index >= 15 is 0 Å². The first-order valence-electron chi connectivity index (χ1n) is 5.59. The van der Waals surface area contributed by atoms with Crippen LogP contribution in [0.5, 0.6) is 0 Å². The second-order valence-electron chi connectivity index (χ2n) is 4.10. The van der Waals surface area contributed by atoms with E-state index in [9.17, 15) is 0 Å². The summed E-state index contributed by atoms with van der Waals surface area (Å²) in [6, 6.07) is 10.8. The van der Waals surface area contributed by atoms with Gasteiger partial charge in [0.05, 0.1) is 18.6 Å². The number of furan rings is 1. The van der Waals surface area contributed by atoms with Crippen LogP contribution in [-0.4, -0.2) is 0 Å². The van der Waals surface area contributed by atoms with Crippen LogP contribution in [0, 0.1) is 0 Å². The summed E-state index contributed by atoms with van der Waals surface area (Å²) in [6.45, 7) is 2.13. The standard InChI is InChI=1S/C14H13NOS/c1-10(12-4-6-16-9-12)15-13-2-3-14-11(8-13)5-7-17-14/h2-10,15H,1H3. The van der Waals surface area contributed by atoms with Crippen LogP contribution in [0.1, 0.15) is 18.5 Å². The summed E-state index contributed by atoms with van der Waals surface area (Å²) in [5.74, 6) is 0. The van der Waals surface area contributed by atoms with Crippen LogP contribution >= 0.6 is 11.3 Å². The predicted octanol–water partition coefficient (Wildman–Crippen LogP) is 4.67. The summed E-state index contributed by atoms with van der Waals surface area (Å²) < 4.78 is 6.42. The van der Waals surface area contributed by atoms with Crippen LogP contribution in [0.25, 0.3) is 10.1 Å². The van der Waals surface area contributed by atoms with Gasteiger partial charge in [-0.25, -0.2) is 0 Å². The molecule has 0 aliphatic rings. The molecule has 17 heavy (non-hydrogen) atoms. The zero-order valence-electron chi connectivity index (χ0n) is 9.51. The highest BCUT2D eigenvalue weighted by Crippen LogP contribution is 2.26. The van der Waals surface area contributed by atoms with Gasteiger partial charge < -0.3 is 9.73 Å².